The number of thioether (sulfide) groups is 2. The topological polar surface area (TPSA) is 70.0 Å². The van der Waals surface area contributed by atoms with E-state index in [0.717, 1.165) is 32.3 Å². The van der Waals surface area contributed by atoms with Gasteiger partial charge in [-0.1, -0.05) is 34.6 Å². The molecule has 0 radical (unpaired) electrons. The minimum atomic E-state index is 0.0781. The van der Waals surface area contributed by atoms with Crippen molar-refractivity contribution in [3.63, 3.8) is 0 Å². The lowest BCUT2D eigenvalue weighted by atomic mass is 10.0. The van der Waals surface area contributed by atoms with Crippen molar-refractivity contribution >= 4 is 40.7 Å². The monoisotopic (exact) mass is 564 g/mol. The molecule has 0 aliphatic carbocycles. The number of hydrogen-bond acceptors (Lipinski definition) is 9. The van der Waals surface area contributed by atoms with Crippen LogP contribution in [0.1, 0.15) is 87.5 Å². The van der Waals surface area contributed by atoms with Crippen LogP contribution in [0.2, 0.25) is 0 Å². The molecule has 4 unspecified atom stereocenters. The van der Waals surface area contributed by atoms with Crippen LogP contribution < -0.4 is 0 Å². The van der Waals surface area contributed by atoms with Gasteiger partial charge in [-0.25, -0.2) is 0 Å². The Labute approximate surface area is 238 Å². The van der Waals surface area contributed by atoms with Gasteiger partial charge in [0.2, 0.25) is 0 Å². The average molecular weight is 565 g/mol. The van der Waals surface area contributed by atoms with Gasteiger partial charge in [-0.3, -0.25) is 4.79 Å². The summed E-state index contributed by atoms with van der Waals surface area (Å²) in [6, 6.07) is 0. The highest BCUT2D eigenvalue weighted by Crippen LogP contribution is 2.35. The van der Waals surface area contributed by atoms with E-state index in [1.54, 1.807) is 18.9 Å². The lowest BCUT2D eigenvalue weighted by Gasteiger charge is -2.15. The smallest absolute Gasteiger partial charge is 0.145 e. The Morgan fingerprint density at radius 1 is 0.865 bits per heavy atom. The largest absolute Gasteiger partial charge is 0.379 e. The molecule has 4 atom stereocenters. The molecule has 1 rings (SSSR count). The summed E-state index contributed by atoms with van der Waals surface area (Å²) in [5.41, 5.74) is 2.61. The first kappa shape index (κ1) is 40.7. The zero-order valence-electron chi connectivity index (χ0n) is 26.8. The molecule has 222 valence electrons. The molecule has 0 spiro atoms. The zero-order valence-corrected chi connectivity index (χ0v) is 28.4. The Bertz CT molecular complexity index is 619. The van der Waals surface area contributed by atoms with E-state index < -0.39 is 0 Å². The summed E-state index contributed by atoms with van der Waals surface area (Å²) < 4.78 is 10.4. The first-order valence-electron chi connectivity index (χ1n) is 13.5. The van der Waals surface area contributed by atoms with Gasteiger partial charge in [-0.15, -0.1) is 0 Å². The van der Waals surface area contributed by atoms with Gasteiger partial charge >= 0.3 is 0 Å². The molecule has 7 nitrogen and oxygen atoms in total. The fraction of sp³-hybridized carbons (Fsp3) is 0.893. The fourth-order valence-electron chi connectivity index (χ4n) is 2.96. The predicted octanol–water partition coefficient (Wildman–Crippen LogP) is 6.71. The van der Waals surface area contributed by atoms with E-state index in [2.05, 4.69) is 58.0 Å². The second kappa shape index (κ2) is 24.3. The molecule has 0 N–H and O–H groups in total. The summed E-state index contributed by atoms with van der Waals surface area (Å²) in [4.78, 5) is 10.7. The number of methoxy groups -OCH3 is 1. The maximum Gasteiger partial charge on any atom is 0.145 e. The molecule has 1 aliphatic heterocycles. The van der Waals surface area contributed by atoms with Crippen molar-refractivity contribution in [3.05, 3.63) is 0 Å². The first-order chi connectivity index (χ1) is 17.3. The van der Waals surface area contributed by atoms with E-state index in [4.69, 9.17) is 9.47 Å². The molecule has 1 fully saturated rings. The van der Waals surface area contributed by atoms with E-state index >= 15 is 0 Å². The third-order valence-electron chi connectivity index (χ3n) is 6.03. The third-order valence-corrected chi connectivity index (χ3v) is 7.98. The van der Waals surface area contributed by atoms with Crippen molar-refractivity contribution in [1.82, 2.24) is 10.0 Å². The molecular formula is C28H60N4O3S2. The van der Waals surface area contributed by atoms with E-state index in [1.165, 1.54) is 11.4 Å². The van der Waals surface area contributed by atoms with Gasteiger partial charge in [0.15, 0.2) is 0 Å². The molecule has 0 aromatic heterocycles. The highest BCUT2D eigenvalue weighted by Gasteiger charge is 2.48. The fourth-order valence-corrected chi connectivity index (χ4v) is 3.87. The van der Waals surface area contributed by atoms with Gasteiger partial charge in [-0.2, -0.15) is 33.7 Å². The van der Waals surface area contributed by atoms with Crippen LogP contribution in [0.4, 0.5) is 0 Å². The highest BCUT2D eigenvalue weighted by atomic mass is 32.2. The standard InChI is InChI=1S/C8H18N2S.C7H16N2.C7H14O2.C6H12OS/c1-6-8(7(2)11-5)9-10(3)4;1-5-7(6-2)8-9(3)4;1-4-7(5-9-7)6(2)8-3;1-4-6(7)5(2)8-3/h7H,6H2,1-5H3;5-6H2,1-4H3;6H,4-5H2,1-3H3;5H,4H2,1-3H3/b9-8+;;;. The highest BCUT2D eigenvalue weighted by molar-refractivity contribution is 8.00. The van der Waals surface area contributed by atoms with Crippen LogP contribution >= 0.6 is 23.5 Å². The maximum atomic E-state index is 10.7. The zero-order chi connectivity index (χ0) is 29.6. The molecule has 0 aromatic rings. The van der Waals surface area contributed by atoms with Crippen LogP contribution in [-0.4, -0.2) is 104 Å². The number of carbonyl (C=O) groups excluding carboxylic acids is 1. The van der Waals surface area contributed by atoms with Crippen molar-refractivity contribution in [2.24, 2.45) is 10.2 Å². The second-order valence-corrected chi connectivity index (χ2v) is 11.5. The summed E-state index contributed by atoms with van der Waals surface area (Å²) in [6.45, 7) is 17.5. The normalized spacial score (nSPS) is 18.3. The number of nitrogens with zero attached hydrogens (tertiary/aromatic N) is 4. The van der Waals surface area contributed by atoms with Crippen LogP contribution in [-0.2, 0) is 14.3 Å². The lowest BCUT2D eigenvalue weighted by Crippen LogP contribution is -2.27. The second-order valence-electron chi connectivity index (χ2n) is 9.17. The Morgan fingerprint density at radius 2 is 1.32 bits per heavy atom. The van der Waals surface area contributed by atoms with Crippen molar-refractivity contribution in [1.29, 1.82) is 0 Å². The van der Waals surface area contributed by atoms with E-state index in [1.807, 2.05) is 70.1 Å². The average Bonchev–Trinajstić information content (AvgIpc) is 3.70. The van der Waals surface area contributed by atoms with Crippen LogP contribution in [0.15, 0.2) is 10.2 Å². The molecule has 0 amide bonds. The Balaban J connectivity index is -0.000000419. The van der Waals surface area contributed by atoms with Crippen molar-refractivity contribution in [2.75, 3.05) is 54.4 Å². The number of ketones is 1. The summed E-state index contributed by atoms with van der Waals surface area (Å²) in [5.74, 6) is 0.345. The number of hydrogen-bond donors (Lipinski definition) is 0. The summed E-state index contributed by atoms with van der Waals surface area (Å²) in [7, 11) is 9.55. The molecule has 1 heterocycles. The predicted molar refractivity (Wildman–Crippen MR) is 170 cm³/mol. The van der Waals surface area contributed by atoms with Crippen LogP contribution in [0, 0.1) is 0 Å². The SMILES string of the molecule is CC/C(=N\N(C)C)C(C)SC.CCC(=O)C(C)SC.CCC(CC)=NN(C)C.CCC1(C(C)OC)CO1. The Morgan fingerprint density at radius 3 is 1.49 bits per heavy atom. The molecule has 37 heavy (non-hydrogen) atoms. The van der Waals surface area contributed by atoms with Gasteiger partial charge in [0, 0.05) is 52.7 Å². The molecule has 0 saturated carbocycles. The van der Waals surface area contributed by atoms with Gasteiger partial charge in [0.25, 0.3) is 0 Å². The van der Waals surface area contributed by atoms with Gasteiger partial charge in [0.05, 0.1) is 23.7 Å². The van der Waals surface area contributed by atoms with Crippen molar-refractivity contribution in [3.8, 4) is 0 Å². The maximum absolute atomic E-state index is 10.7. The molecule has 1 saturated heterocycles. The third kappa shape index (κ3) is 20.8. The van der Waals surface area contributed by atoms with Gasteiger partial charge in [-0.05, 0) is 59.0 Å². The van der Waals surface area contributed by atoms with E-state index in [9.17, 15) is 4.79 Å². The summed E-state index contributed by atoms with van der Waals surface area (Å²) in [6.07, 6.45) is 9.22. The minimum Gasteiger partial charge on any atom is -0.379 e. The van der Waals surface area contributed by atoms with Crippen molar-refractivity contribution < 1.29 is 14.3 Å². The van der Waals surface area contributed by atoms with E-state index in [0.29, 0.717) is 17.5 Å². The lowest BCUT2D eigenvalue weighted by molar-refractivity contribution is -0.117. The summed E-state index contributed by atoms with van der Waals surface area (Å²) in [5, 5.41) is 13.1. The van der Waals surface area contributed by atoms with E-state index in [-0.39, 0.29) is 17.0 Å². The number of rotatable bonds is 13. The quantitative estimate of drug-likeness (QED) is 0.140. The minimum absolute atomic E-state index is 0.0781. The molecular weight excluding hydrogens is 504 g/mol. The molecule has 0 bridgehead atoms. The Kier molecular flexibility index (Phi) is 26.7. The van der Waals surface area contributed by atoms with Crippen molar-refractivity contribution in [2.45, 2.75) is 110 Å². The van der Waals surface area contributed by atoms with Crippen LogP contribution in [0.25, 0.3) is 0 Å². The van der Waals surface area contributed by atoms with Gasteiger partial charge in [0.1, 0.15) is 11.4 Å². The number of ether oxygens (including phenoxy) is 2. The first-order valence-corrected chi connectivity index (χ1v) is 16.1. The number of epoxide rings is 1. The number of carbonyl (C=O) groups is 1. The molecule has 9 heteroatoms. The van der Waals surface area contributed by atoms with Crippen LogP contribution in [0.5, 0.6) is 0 Å². The summed E-state index contributed by atoms with van der Waals surface area (Å²) >= 11 is 3.45. The number of Topliss-reactive ketones (excluding diaryl/α,β-unsaturated/α-hetero) is 1. The number of hydrazone groups is 2. The Hall–Kier alpha value is -0.770. The molecule has 0 aromatic carbocycles. The van der Waals surface area contributed by atoms with Crippen LogP contribution in [0.3, 0.4) is 0 Å². The van der Waals surface area contributed by atoms with Gasteiger partial charge < -0.3 is 19.5 Å². The molecule has 1 aliphatic rings.